The Balaban J connectivity index is 1.59. The van der Waals surface area contributed by atoms with Crippen LogP contribution in [-0.2, 0) is 9.59 Å². The topological polar surface area (TPSA) is 68.4 Å². The Morgan fingerprint density at radius 3 is 2.75 bits per heavy atom. The van der Waals surface area contributed by atoms with E-state index >= 15 is 0 Å². The highest BCUT2D eigenvalue weighted by Crippen LogP contribution is 2.27. The van der Waals surface area contributed by atoms with E-state index in [4.69, 9.17) is 11.6 Å². The minimum atomic E-state index is -0.0942. The number of fused-ring (bicyclic) bond motifs is 1. The van der Waals surface area contributed by atoms with Gasteiger partial charge in [-0.15, -0.1) is 0 Å². The largest absolute Gasteiger partial charge is 0.361 e. The maximum atomic E-state index is 12.3. The number of rotatable bonds is 4. The fourth-order valence-electron chi connectivity index (χ4n) is 2.88. The summed E-state index contributed by atoms with van der Waals surface area (Å²) in [6.45, 7) is 6.34. The molecule has 1 aliphatic heterocycles. The number of hydrogen-bond acceptors (Lipinski definition) is 3. The van der Waals surface area contributed by atoms with Crippen molar-refractivity contribution >= 4 is 40.0 Å². The molecule has 2 aromatic rings. The first kappa shape index (κ1) is 16.5. The summed E-state index contributed by atoms with van der Waals surface area (Å²) >= 11 is 6.09. The van der Waals surface area contributed by atoms with E-state index in [0.717, 1.165) is 10.9 Å². The highest BCUT2D eigenvalue weighted by molar-refractivity contribution is 6.32. The van der Waals surface area contributed by atoms with E-state index in [0.29, 0.717) is 36.9 Å². The van der Waals surface area contributed by atoms with E-state index in [9.17, 15) is 9.59 Å². The molecule has 1 fully saturated rings. The van der Waals surface area contributed by atoms with Gasteiger partial charge in [0.05, 0.1) is 12.2 Å². The minimum Gasteiger partial charge on any atom is -0.361 e. The number of benzene rings is 1. The smallest absolute Gasteiger partial charge is 0.246 e. The lowest BCUT2D eigenvalue weighted by atomic mass is 10.2. The van der Waals surface area contributed by atoms with Gasteiger partial charge in [-0.2, -0.15) is 0 Å². The molecule has 3 rings (SSSR count). The molecule has 1 aromatic carbocycles. The SMILES string of the molecule is C=CC(=O)N1CCN(CC(=O)Nc2cc(Cl)cc3[nH]ccc23)CC1. The number of hydrogen-bond donors (Lipinski definition) is 2. The van der Waals surface area contributed by atoms with Crippen molar-refractivity contribution in [2.45, 2.75) is 0 Å². The summed E-state index contributed by atoms with van der Waals surface area (Å²) in [6.07, 6.45) is 3.14. The van der Waals surface area contributed by atoms with Crippen molar-refractivity contribution in [3.63, 3.8) is 0 Å². The summed E-state index contributed by atoms with van der Waals surface area (Å²) in [5, 5.41) is 4.41. The van der Waals surface area contributed by atoms with Crippen molar-refractivity contribution in [1.82, 2.24) is 14.8 Å². The van der Waals surface area contributed by atoms with Crippen LogP contribution >= 0.6 is 11.6 Å². The molecule has 1 saturated heterocycles. The number of amides is 2. The molecule has 6 nitrogen and oxygen atoms in total. The summed E-state index contributed by atoms with van der Waals surface area (Å²) in [5.74, 6) is -0.156. The van der Waals surface area contributed by atoms with Crippen LogP contribution in [0, 0.1) is 0 Å². The van der Waals surface area contributed by atoms with Gasteiger partial charge in [0.1, 0.15) is 0 Å². The average Bonchev–Trinajstić information content (AvgIpc) is 3.03. The van der Waals surface area contributed by atoms with Crippen LogP contribution < -0.4 is 5.32 Å². The Morgan fingerprint density at radius 2 is 2.04 bits per heavy atom. The first-order chi connectivity index (χ1) is 11.6. The van der Waals surface area contributed by atoms with E-state index < -0.39 is 0 Å². The molecule has 7 heteroatoms. The van der Waals surface area contributed by atoms with Gasteiger partial charge in [0.25, 0.3) is 0 Å². The van der Waals surface area contributed by atoms with Crippen LogP contribution in [0.25, 0.3) is 10.9 Å². The third-order valence-electron chi connectivity index (χ3n) is 4.13. The third kappa shape index (κ3) is 3.60. The zero-order valence-corrected chi connectivity index (χ0v) is 14.0. The summed E-state index contributed by atoms with van der Waals surface area (Å²) in [4.78, 5) is 30.7. The van der Waals surface area contributed by atoms with Crippen molar-refractivity contribution in [3.8, 4) is 0 Å². The molecule has 2 N–H and O–H groups in total. The molecule has 0 spiro atoms. The van der Waals surface area contributed by atoms with Crippen molar-refractivity contribution < 1.29 is 9.59 Å². The number of H-pyrrole nitrogens is 1. The van der Waals surface area contributed by atoms with Gasteiger partial charge in [-0.25, -0.2) is 0 Å². The summed E-state index contributed by atoms with van der Waals surface area (Å²) in [5.41, 5.74) is 1.58. The molecular weight excluding hydrogens is 328 g/mol. The quantitative estimate of drug-likeness (QED) is 0.833. The number of aromatic nitrogens is 1. The van der Waals surface area contributed by atoms with Crippen LogP contribution in [0.5, 0.6) is 0 Å². The van der Waals surface area contributed by atoms with Crippen LogP contribution in [0.3, 0.4) is 0 Å². The maximum Gasteiger partial charge on any atom is 0.246 e. The fraction of sp³-hybridized carbons (Fsp3) is 0.294. The molecule has 0 bridgehead atoms. The second-order valence-corrected chi connectivity index (χ2v) is 6.18. The Kier molecular flexibility index (Phi) is 4.87. The van der Waals surface area contributed by atoms with E-state index in [1.165, 1.54) is 6.08 Å². The Labute approximate surface area is 145 Å². The Morgan fingerprint density at radius 1 is 1.29 bits per heavy atom. The Bertz CT molecular complexity index is 778. The predicted octanol–water partition coefficient (Wildman–Crippen LogP) is 2.09. The minimum absolute atomic E-state index is 0.0621. The van der Waals surface area contributed by atoms with Gasteiger partial charge >= 0.3 is 0 Å². The lowest BCUT2D eigenvalue weighted by Gasteiger charge is -2.33. The number of carbonyl (C=O) groups is 2. The molecule has 0 saturated carbocycles. The lowest BCUT2D eigenvalue weighted by Crippen LogP contribution is -2.50. The van der Waals surface area contributed by atoms with Crippen LogP contribution in [0.1, 0.15) is 0 Å². The second kappa shape index (κ2) is 7.07. The van der Waals surface area contributed by atoms with Gasteiger partial charge in [-0.1, -0.05) is 18.2 Å². The third-order valence-corrected chi connectivity index (χ3v) is 4.35. The first-order valence-electron chi connectivity index (χ1n) is 7.77. The molecule has 0 aliphatic carbocycles. The molecule has 2 heterocycles. The van der Waals surface area contributed by atoms with Gasteiger partial charge in [0, 0.05) is 48.3 Å². The summed E-state index contributed by atoms with van der Waals surface area (Å²) < 4.78 is 0. The maximum absolute atomic E-state index is 12.3. The fourth-order valence-corrected chi connectivity index (χ4v) is 3.10. The number of halogens is 1. The van der Waals surface area contributed by atoms with E-state index in [-0.39, 0.29) is 18.4 Å². The average molecular weight is 347 g/mol. The number of nitrogens with zero attached hydrogens (tertiary/aromatic N) is 2. The van der Waals surface area contributed by atoms with Gasteiger partial charge < -0.3 is 15.2 Å². The molecule has 126 valence electrons. The molecule has 1 aromatic heterocycles. The van der Waals surface area contributed by atoms with E-state index in [2.05, 4.69) is 16.9 Å². The molecular formula is C17H19ClN4O2. The first-order valence-corrected chi connectivity index (χ1v) is 8.15. The Hall–Kier alpha value is -2.31. The second-order valence-electron chi connectivity index (χ2n) is 5.75. The number of anilines is 1. The van der Waals surface area contributed by atoms with Crippen LogP contribution in [0.15, 0.2) is 37.1 Å². The van der Waals surface area contributed by atoms with E-state index in [1.807, 2.05) is 23.2 Å². The highest BCUT2D eigenvalue weighted by Gasteiger charge is 2.21. The number of piperazine rings is 1. The van der Waals surface area contributed by atoms with Crippen molar-refractivity contribution in [2.24, 2.45) is 0 Å². The zero-order chi connectivity index (χ0) is 17.1. The van der Waals surface area contributed by atoms with E-state index in [1.54, 1.807) is 11.0 Å². The van der Waals surface area contributed by atoms with Crippen molar-refractivity contribution in [2.75, 3.05) is 38.0 Å². The van der Waals surface area contributed by atoms with Gasteiger partial charge in [-0.3, -0.25) is 14.5 Å². The standard InChI is InChI=1S/C17H19ClN4O2/c1-2-17(24)22-7-5-21(6-8-22)11-16(23)20-15-10-12(18)9-14-13(15)3-4-19-14/h2-4,9-10,19H,1,5-8,11H2,(H,20,23). The number of carbonyl (C=O) groups excluding carboxylic acids is 2. The van der Waals surface area contributed by atoms with Crippen molar-refractivity contribution in [3.05, 3.63) is 42.1 Å². The predicted molar refractivity (Wildman–Crippen MR) is 95.2 cm³/mol. The summed E-state index contributed by atoms with van der Waals surface area (Å²) in [6, 6.07) is 5.47. The highest BCUT2D eigenvalue weighted by atomic mass is 35.5. The van der Waals surface area contributed by atoms with Crippen LogP contribution in [0.4, 0.5) is 5.69 Å². The molecule has 24 heavy (non-hydrogen) atoms. The zero-order valence-electron chi connectivity index (χ0n) is 13.2. The summed E-state index contributed by atoms with van der Waals surface area (Å²) in [7, 11) is 0. The molecule has 2 amide bonds. The van der Waals surface area contributed by atoms with Gasteiger partial charge in [-0.05, 0) is 24.3 Å². The monoisotopic (exact) mass is 346 g/mol. The number of aromatic amines is 1. The normalized spacial score (nSPS) is 15.5. The van der Waals surface area contributed by atoms with Crippen LogP contribution in [-0.4, -0.2) is 59.3 Å². The molecule has 0 atom stereocenters. The van der Waals surface area contributed by atoms with Gasteiger partial charge in [0.15, 0.2) is 0 Å². The molecule has 0 radical (unpaired) electrons. The van der Waals surface area contributed by atoms with Gasteiger partial charge in [0.2, 0.25) is 11.8 Å². The lowest BCUT2D eigenvalue weighted by molar-refractivity contribution is -0.128. The number of nitrogens with one attached hydrogen (secondary N) is 2. The van der Waals surface area contributed by atoms with Crippen LogP contribution in [0.2, 0.25) is 5.02 Å². The molecule has 1 aliphatic rings. The van der Waals surface area contributed by atoms with Crippen molar-refractivity contribution in [1.29, 1.82) is 0 Å². The molecule has 0 unspecified atom stereocenters.